The molecular weight excluding hydrogens is 280 g/mol. The van der Waals surface area contributed by atoms with Crippen LogP contribution in [0.15, 0.2) is 18.2 Å². The molecule has 2 bridgehead atoms. The quantitative estimate of drug-likeness (QED) is 0.540. The lowest BCUT2D eigenvalue weighted by atomic mass is 10.2. The minimum Gasteiger partial charge on any atom is -0.868 e. The first-order valence-electron chi connectivity index (χ1n) is 6.63. The van der Waals surface area contributed by atoms with Gasteiger partial charge in [-0.05, 0) is 5.75 Å². The van der Waals surface area contributed by atoms with E-state index < -0.39 is 27.0 Å². The summed E-state index contributed by atoms with van der Waals surface area (Å²) < 4.78 is 0. The molecule has 3 saturated heterocycles. The second kappa shape index (κ2) is 6.46. The molecule has 114 valence electrons. The average Bonchev–Trinajstić information content (AvgIpc) is 2.50. The molecule has 0 amide bonds. The number of non-ortho nitro benzene ring substituents is 1. The number of hydrogen-bond donors (Lipinski definition) is 1. The Morgan fingerprint density at radius 2 is 1.57 bits per heavy atom. The third-order valence-electron chi connectivity index (χ3n) is 3.69. The zero-order valence-electron chi connectivity index (χ0n) is 11.4. The van der Waals surface area contributed by atoms with Crippen molar-refractivity contribution in [2.75, 3.05) is 39.3 Å². The number of benzene rings is 1. The van der Waals surface area contributed by atoms with E-state index in [0.717, 1.165) is 12.1 Å². The summed E-state index contributed by atoms with van der Waals surface area (Å²) in [6.07, 6.45) is 0. The second-order valence-electron chi connectivity index (χ2n) is 5.01. The van der Waals surface area contributed by atoms with Gasteiger partial charge in [0.2, 0.25) is 0 Å². The Kier molecular flexibility index (Phi) is 4.66. The summed E-state index contributed by atoms with van der Waals surface area (Å²) in [5, 5.41) is 31.1. The first-order chi connectivity index (χ1) is 9.97. The molecular formula is C12H16N4O5. The molecule has 0 unspecified atom stereocenters. The van der Waals surface area contributed by atoms with Gasteiger partial charge in [0.05, 0.1) is 35.5 Å². The number of nitro benzene ring substituents is 2. The molecule has 0 atom stereocenters. The minimum absolute atomic E-state index is 0.466. The number of nitro groups is 2. The molecule has 1 N–H and O–H groups in total. The van der Waals surface area contributed by atoms with Crippen LogP contribution in [0.4, 0.5) is 11.4 Å². The summed E-state index contributed by atoms with van der Waals surface area (Å²) >= 11 is 0. The van der Waals surface area contributed by atoms with Crippen molar-refractivity contribution < 1.29 is 19.9 Å². The molecule has 3 aliphatic heterocycles. The van der Waals surface area contributed by atoms with Crippen molar-refractivity contribution in [3.8, 4) is 5.75 Å². The summed E-state index contributed by atoms with van der Waals surface area (Å²) in [5.41, 5.74) is -1.25. The van der Waals surface area contributed by atoms with E-state index in [1.807, 2.05) is 4.90 Å². The van der Waals surface area contributed by atoms with E-state index in [0.29, 0.717) is 6.07 Å². The van der Waals surface area contributed by atoms with E-state index in [4.69, 9.17) is 0 Å². The highest BCUT2D eigenvalue weighted by Gasteiger charge is 2.25. The lowest BCUT2D eigenvalue weighted by Gasteiger charge is -2.38. The molecule has 3 fully saturated rings. The van der Waals surface area contributed by atoms with Crippen molar-refractivity contribution in [3.63, 3.8) is 0 Å². The van der Waals surface area contributed by atoms with E-state index in [-0.39, 0.29) is 0 Å². The highest BCUT2D eigenvalue weighted by Crippen LogP contribution is 2.27. The molecule has 0 saturated carbocycles. The van der Waals surface area contributed by atoms with Crippen LogP contribution in [0.25, 0.3) is 0 Å². The predicted molar refractivity (Wildman–Crippen MR) is 71.2 cm³/mol. The lowest BCUT2D eigenvalue weighted by Crippen LogP contribution is -3.17. The third kappa shape index (κ3) is 3.86. The van der Waals surface area contributed by atoms with Crippen molar-refractivity contribution >= 4 is 11.4 Å². The molecule has 0 aliphatic carbocycles. The maximum absolute atomic E-state index is 10.8. The smallest absolute Gasteiger partial charge is 0.276 e. The molecule has 21 heavy (non-hydrogen) atoms. The van der Waals surface area contributed by atoms with Crippen molar-refractivity contribution in [3.05, 3.63) is 38.4 Å². The van der Waals surface area contributed by atoms with E-state index >= 15 is 0 Å². The Morgan fingerprint density at radius 1 is 1.00 bits per heavy atom. The molecule has 1 aromatic carbocycles. The summed E-state index contributed by atoms with van der Waals surface area (Å²) in [4.78, 5) is 23.0. The van der Waals surface area contributed by atoms with Crippen LogP contribution in [0.2, 0.25) is 0 Å². The SMILES string of the molecule is C1C[NH+]2CCN1CC2.O=[N+]([O-])c1ccc([O-])c([N+](=O)[O-])c1. The van der Waals surface area contributed by atoms with Gasteiger partial charge < -0.3 is 10.0 Å². The van der Waals surface area contributed by atoms with Gasteiger partial charge in [0, 0.05) is 25.7 Å². The monoisotopic (exact) mass is 296 g/mol. The molecule has 0 aromatic heterocycles. The zero-order valence-corrected chi connectivity index (χ0v) is 11.4. The van der Waals surface area contributed by atoms with Crippen LogP contribution in [0.1, 0.15) is 0 Å². The summed E-state index contributed by atoms with van der Waals surface area (Å²) in [6.45, 7) is 8.28. The van der Waals surface area contributed by atoms with Gasteiger partial charge in [0.25, 0.3) is 11.4 Å². The van der Waals surface area contributed by atoms with Gasteiger partial charge in [-0.2, -0.15) is 0 Å². The van der Waals surface area contributed by atoms with E-state index in [2.05, 4.69) is 4.90 Å². The fraction of sp³-hybridized carbons (Fsp3) is 0.500. The van der Waals surface area contributed by atoms with Crippen molar-refractivity contribution in [2.24, 2.45) is 0 Å². The maximum Gasteiger partial charge on any atom is 0.276 e. The Bertz CT molecular complexity index is 519. The summed E-state index contributed by atoms with van der Waals surface area (Å²) in [6, 6.07) is 2.37. The third-order valence-corrected chi connectivity index (χ3v) is 3.69. The van der Waals surface area contributed by atoms with Crippen molar-refractivity contribution in [1.29, 1.82) is 0 Å². The number of fused-ring (bicyclic) bond motifs is 3. The summed E-state index contributed by atoms with van der Waals surface area (Å²) in [7, 11) is 0. The predicted octanol–water partition coefficient (Wildman–Crippen LogP) is -1.22. The first kappa shape index (κ1) is 15.1. The topological polar surface area (TPSA) is 117 Å². The standard InChI is InChI=1S/C6H4N2O5.C6H12N2/c9-6-2-1-4(7(10)11)3-5(6)8(12)13;1-2-8-5-3-7(1)4-6-8/h1-3,9H;1-6H2. The Morgan fingerprint density at radius 3 is 1.90 bits per heavy atom. The lowest BCUT2D eigenvalue weighted by molar-refractivity contribution is -0.914. The fourth-order valence-corrected chi connectivity index (χ4v) is 2.42. The zero-order chi connectivity index (χ0) is 15.4. The molecule has 1 aromatic rings. The van der Waals surface area contributed by atoms with Crippen LogP contribution >= 0.6 is 0 Å². The normalized spacial score (nSPS) is 23.0. The van der Waals surface area contributed by atoms with Crippen LogP contribution in [0.5, 0.6) is 5.75 Å². The van der Waals surface area contributed by atoms with E-state index in [1.54, 1.807) is 0 Å². The van der Waals surface area contributed by atoms with Gasteiger partial charge in [0.15, 0.2) is 0 Å². The van der Waals surface area contributed by atoms with E-state index in [9.17, 15) is 25.3 Å². The van der Waals surface area contributed by atoms with Crippen molar-refractivity contribution in [1.82, 2.24) is 4.90 Å². The van der Waals surface area contributed by atoms with Crippen LogP contribution in [0, 0.1) is 20.2 Å². The fourth-order valence-electron chi connectivity index (χ4n) is 2.42. The highest BCUT2D eigenvalue weighted by molar-refractivity contribution is 5.51. The Balaban J connectivity index is 0.000000170. The number of nitrogens with one attached hydrogen (secondary N) is 1. The molecule has 0 spiro atoms. The largest absolute Gasteiger partial charge is 0.868 e. The van der Waals surface area contributed by atoms with Crippen LogP contribution in [-0.4, -0.2) is 54.0 Å². The molecule has 3 aliphatic rings. The minimum atomic E-state index is -0.949. The number of rotatable bonds is 2. The number of hydrogen-bond acceptors (Lipinski definition) is 6. The van der Waals surface area contributed by atoms with Gasteiger partial charge in [0.1, 0.15) is 0 Å². The van der Waals surface area contributed by atoms with E-state index in [1.165, 1.54) is 39.3 Å². The Hall–Kier alpha value is -2.26. The first-order valence-corrected chi connectivity index (χ1v) is 6.63. The maximum atomic E-state index is 10.8. The molecule has 3 heterocycles. The van der Waals surface area contributed by atoms with Crippen LogP contribution < -0.4 is 10.0 Å². The van der Waals surface area contributed by atoms with Gasteiger partial charge >= 0.3 is 0 Å². The Labute approximate surface area is 120 Å². The van der Waals surface area contributed by atoms with Gasteiger partial charge in [-0.3, -0.25) is 25.1 Å². The number of nitrogens with zero attached hydrogens (tertiary/aromatic N) is 3. The number of quaternary nitrogens is 1. The number of piperazine rings is 3. The molecule has 9 nitrogen and oxygen atoms in total. The van der Waals surface area contributed by atoms with Gasteiger partial charge in [-0.15, -0.1) is 0 Å². The van der Waals surface area contributed by atoms with Crippen LogP contribution in [0.3, 0.4) is 0 Å². The average molecular weight is 296 g/mol. The molecule has 0 radical (unpaired) electrons. The van der Waals surface area contributed by atoms with Gasteiger partial charge in [-0.25, -0.2) is 0 Å². The second-order valence-corrected chi connectivity index (χ2v) is 5.01. The van der Waals surface area contributed by atoms with Crippen molar-refractivity contribution in [2.45, 2.75) is 0 Å². The molecule has 4 rings (SSSR count). The summed E-state index contributed by atoms with van der Waals surface area (Å²) in [5.74, 6) is -0.837. The molecule has 9 heteroatoms. The van der Waals surface area contributed by atoms with Crippen LogP contribution in [-0.2, 0) is 0 Å². The van der Waals surface area contributed by atoms with Gasteiger partial charge in [-0.1, -0.05) is 6.07 Å². The highest BCUT2D eigenvalue weighted by atomic mass is 16.6.